The van der Waals surface area contributed by atoms with E-state index in [2.05, 4.69) is 32.7 Å². The Morgan fingerprint density at radius 2 is 2.12 bits per heavy atom. The van der Waals surface area contributed by atoms with Gasteiger partial charge < -0.3 is 11.1 Å². The second kappa shape index (κ2) is 5.37. The molecule has 0 aliphatic heterocycles. The van der Waals surface area contributed by atoms with E-state index < -0.39 is 0 Å². The molecule has 4 heteroatoms. The molecule has 0 spiro atoms. The maximum atomic E-state index is 5.84. The zero-order chi connectivity index (χ0) is 11.4. The largest absolute Gasteiger partial charge is 0.397 e. The first-order valence-corrected chi connectivity index (χ1v) is 6.74. The number of halogens is 1. The van der Waals surface area contributed by atoms with Gasteiger partial charge in [0.2, 0.25) is 0 Å². The average molecular weight is 297 g/mol. The predicted molar refractivity (Wildman–Crippen MR) is 75.1 cm³/mol. The molecule has 3 N–H and O–H groups in total. The summed E-state index contributed by atoms with van der Waals surface area (Å²) in [5.74, 6) is 0. The van der Waals surface area contributed by atoms with Crippen LogP contribution in [0.5, 0.6) is 0 Å². The number of hydrogen-bond donors (Lipinski definition) is 2. The van der Waals surface area contributed by atoms with Crippen molar-refractivity contribution in [2.75, 3.05) is 17.6 Å². The summed E-state index contributed by atoms with van der Waals surface area (Å²) in [6.07, 6.45) is 1.02. The number of nitrogens with one attached hydrogen (secondary N) is 1. The lowest BCUT2D eigenvalue weighted by Gasteiger charge is -2.07. The minimum atomic E-state index is 0.801. The molecule has 0 radical (unpaired) electrons. The predicted octanol–water partition coefficient (Wildman–Crippen LogP) is 3.75. The monoisotopic (exact) mass is 296 g/mol. The number of para-hydroxylation sites is 2. The average Bonchev–Trinajstić information content (AvgIpc) is 2.67. The van der Waals surface area contributed by atoms with Gasteiger partial charge in [0, 0.05) is 21.3 Å². The van der Waals surface area contributed by atoms with E-state index in [4.69, 9.17) is 5.73 Å². The van der Waals surface area contributed by atoms with Crippen molar-refractivity contribution in [2.45, 2.75) is 6.42 Å². The van der Waals surface area contributed by atoms with Gasteiger partial charge >= 0.3 is 0 Å². The smallest absolute Gasteiger partial charge is 0.0574 e. The summed E-state index contributed by atoms with van der Waals surface area (Å²) in [4.78, 5) is 1.37. The van der Waals surface area contributed by atoms with Crippen LogP contribution in [0.3, 0.4) is 0 Å². The first kappa shape index (κ1) is 11.5. The fourth-order valence-corrected chi connectivity index (χ4v) is 2.92. The number of benzene rings is 1. The van der Waals surface area contributed by atoms with E-state index in [0.29, 0.717) is 0 Å². The molecule has 2 rings (SSSR count). The van der Waals surface area contributed by atoms with Gasteiger partial charge in [0.25, 0.3) is 0 Å². The summed E-state index contributed by atoms with van der Waals surface area (Å²) in [6, 6.07) is 9.99. The summed E-state index contributed by atoms with van der Waals surface area (Å²) in [5, 5.41) is 5.44. The van der Waals surface area contributed by atoms with E-state index in [9.17, 15) is 0 Å². The molecule has 1 aromatic carbocycles. The van der Waals surface area contributed by atoms with Gasteiger partial charge in [-0.25, -0.2) is 0 Å². The number of anilines is 2. The maximum absolute atomic E-state index is 5.84. The zero-order valence-electron chi connectivity index (χ0n) is 8.74. The van der Waals surface area contributed by atoms with Crippen LogP contribution in [0.15, 0.2) is 40.2 Å². The van der Waals surface area contributed by atoms with Gasteiger partial charge in [-0.3, -0.25) is 0 Å². The van der Waals surface area contributed by atoms with Crippen LogP contribution in [0.4, 0.5) is 11.4 Å². The molecule has 16 heavy (non-hydrogen) atoms. The van der Waals surface area contributed by atoms with Crippen molar-refractivity contribution < 1.29 is 0 Å². The van der Waals surface area contributed by atoms with Crippen LogP contribution in [0.1, 0.15) is 4.88 Å². The lowest BCUT2D eigenvalue weighted by molar-refractivity contribution is 1.04. The Kier molecular flexibility index (Phi) is 3.85. The van der Waals surface area contributed by atoms with Crippen LogP contribution in [0.2, 0.25) is 0 Å². The van der Waals surface area contributed by atoms with E-state index in [1.807, 2.05) is 24.3 Å². The standard InChI is InChI=1S/C12H13BrN2S/c13-9-7-10(16-8-9)5-6-15-12-4-2-1-3-11(12)14/h1-4,7-8,15H,5-6,14H2. The molecule has 84 valence electrons. The molecular weight excluding hydrogens is 284 g/mol. The van der Waals surface area contributed by atoms with Gasteiger partial charge in [-0.15, -0.1) is 11.3 Å². The molecule has 1 aromatic heterocycles. The highest BCUT2D eigenvalue weighted by molar-refractivity contribution is 9.10. The Morgan fingerprint density at radius 3 is 2.81 bits per heavy atom. The number of nitrogen functional groups attached to an aromatic ring is 1. The molecule has 0 atom stereocenters. The Hall–Kier alpha value is -1.000. The topological polar surface area (TPSA) is 38.0 Å². The van der Waals surface area contributed by atoms with Gasteiger partial charge in [-0.1, -0.05) is 12.1 Å². The third-order valence-corrected chi connectivity index (χ3v) is 4.03. The summed E-state index contributed by atoms with van der Waals surface area (Å²) in [5.41, 5.74) is 7.65. The summed E-state index contributed by atoms with van der Waals surface area (Å²) in [6.45, 7) is 0.904. The van der Waals surface area contributed by atoms with E-state index >= 15 is 0 Å². The summed E-state index contributed by atoms with van der Waals surface area (Å²) >= 11 is 5.22. The van der Waals surface area contributed by atoms with Crippen molar-refractivity contribution in [2.24, 2.45) is 0 Å². The van der Waals surface area contributed by atoms with Crippen molar-refractivity contribution >= 4 is 38.6 Å². The molecule has 0 fully saturated rings. The molecule has 0 aliphatic carbocycles. The Labute approximate surface area is 108 Å². The van der Waals surface area contributed by atoms with Crippen LogP contribution in [-0.4, -0.2) is 6.54 Å². The fourth-order valence-electron chi connectivity index (χ4n) is 1.46. The minimum absolute atomic E-state index is 0.801. The molecule has 1 heterocycles. The van der Waals surface area contributed by atoms with Crippen molar-refractivity contribution in [3.05, 3.63) is 45.1 Å². The minimum Gasteiger partial charge on any atom is -0.397 e. The van der Waals surface area contributed by atoms with E-state index in [1.54, 1.807) is 11.3 Å². The number of nitrogens with two attached hydrogens (primary N) is 1. The van der Waals surface area contributed by atoms with Crippen molar-refractivity contribution in [1.29, 1.82) is 0 Å². The molecule has 0 unspecified atom stereocenters. The quantitative estimate of drug-likeness (QED) is 0.844. The molecule has 2 aromatic rings. The van der Waals surface area contributed by atoms with Crippen LogP contribution >= 0.6 is 27.3 Å². The zero-order valence-corrected chi connectivity index (χ0v) is 11.1. The highest BCUT2D eigenvalue weighted by Gasteiger charge is 1.99. The van der Waals surface area contributed by atoms with Crippen molar-refractivity contribution in [3.63, 3.8) is 0 Å². The molecular formula is C12H13BrN2S. The number of rotatable bonds is 4. The Bertz CT molecular complexity index is 468. The molecule has 0 aliphatic rings. The summed E-state index contributed by atoms with van der Waals surface area (Å²) in [7, 11) is 0. The van der Waals surface area contributed by atoms with E-state index in [1.165, 1.54) is 4.88 Å². The van der Waals surface area contributed by atoms with Gasteiger partial charge in [0.15, 0.2) is 0 Å². The Morgan fingerprint density at radius 1 is 1.31 bits per heavy atom. The van der Waals surface area contributed by atoms with E-state index in [-0.39, 0.29) is 0 Å². The molecule has 0 amide bonds. The van der Waals surface area contributed by atoms with E-state index in [0.717, 1.165) is 28.8 Å². The van der Waals surface area contributed by atoms with Crippen LogP contribution < -0.4 is 11.1 Å². The lowest BCUT2D eigenvalue weighted by atomic mass is 10.2. The van der Waals surface area contributed by atoms with Crippen LogP contribution in [0, 0.1) is 0 Å². The molecule has 0 saturated heterocycles. The Balaban J connectivity index is 1.87. The van der Waals surface area contributed by atoms with Gasteiger partial charge in [-0.2, -0.15) is 0 Å². The number of thiophene rings is 1. The summed E-state index contributed by atoms with van der Waals surface area (Å²) < 4.78 is 1.16. The third kappa shape index (κ3) is 3.00. The second-order valence-electron chi connectivity index (χ2n) is 3.50. The highest BCUT2D eigenvalue weighted by atomic mass is 79.9. The SMILES string of the molecule is Nc1ccccc1NCCc1cc(Br)cs1. The van der Waals surface area contributed by atoms with Crippen LogP contribution in [0.25, 0.3) is 0 Å². The normalized spacial score (nSPS) is 10.3. The highest BCUT2D eigenvalue weighted by Crippen LogP contribution is 2.21. The fraction of sp³-hybridized carbons (Fsp3) is 0.167. The first-order chi connectivity index (χ1) is 7.75. The van der Waals surface area contributed by atoms with Crippen molar-refractivity contribution in [3.8, 4) is 0 Å². The van der Waals surface area contributed by atoms with Gasteiger partial charge in [-0.05, 0) is 40.5 Å². The number of hydrogen-bond acceptors (Lipinski definition) is 3. The molecule has 0 bridgehead atoms. The lowest BCUT2D eigenvalue weighted by Crippen LogP contribution is -2.05. The van der Waals surface area contributed by atoms with Gasteiger partial charge in [0.1, 0.15) is 0 Å². The van der Waals surface area contributed by atoms with Crippen LogP contribution in [-0.2, 0) is 6.42 Å². The molecule has 2 nitrogen and oxygen atoms in total. The van der Waals surface area contributed by atoms with Gasteiger partial charge in [0.05, 0.1) is 11.4 Å². The first-order valence-electron chi connectivity index (χ1n) is 5.07. The van der Waals surface area contributed by atoms with Crippen molar-refractivity contribution in [1.82, 2.24) is 0 Å². The second-order valence-corrected chi connectivity index (χ2v) is 5.41. The third-order valence-electron chi connectivity index (χ3n) is 2.27. The molecule has 0 saturated carbocycles. The maximum Gasteiger partial charge on any atom is 0.0574 e.